The standard InChI is InChI=1S/C9H22O2S4Si/c1-4-7-12-13-14-15-16(8-10-5-2)9-11-6-3/h16H,4-9H2,1-3H3. The second-order valence-electron chi connectivity index (χ2n) is 3.00. The molecule has 0 spiro atoms. The maximum Gasteiger partial charge on any atom is 0.171 e. The molecule has 16 heavy (non-hydrogen) atoms. The highest BCUT2D eigenvalue weighted by Crippen LogP contribution is 2.44. The Bertz CT molecular complexity index is 135. The van der Waals surface area contributed by atoms with E-state index in [2.05, 4.69) is 20.8 Å². The Labute approximate surface area is 116 Å². The third kappa shape index (κ3) is 12.0. The maximum atomic E-state index is 5.50. The van der Waals surface area contributed by atoms with Crippen LogP contribution >= 0.6 is 40.7 Å². The first-order chi connectivity index (χ1) is 7.85. The molecule has 0 aliphatic heterocycles. The minimum absolute atomic E-state index is 0.818. The summed E-state index contributed by atoms with van der Waals surface area (Å²) in [7, 11) is 6.82. The predicted molar refractivity (Wildman–Crippen MR) is 85.7 cm³/mol. The zero-order valence-electron chi connectivity index (χ0n) is 10.3. The zero-order valence-corrected chi connectivity index (χ0v) is 14.7. The molecule has 0 amide bonds. The molecule has 0 aromatic heterocycles. The molecular formula is C9H22O2S4Si. The summed E-state index contributed by atoms with van der Waals surface area (Å²) < 4.78 is 11.0. The van der Waals surface area contributed by atoms with Crippen molar-refractivity contribution >= 4 is 48.6 Å². The number of rotatable bonds is 12. The van der Waals surface area contributed by atoms with E-state index in [1.54, 1.807) is 0 Å². The molecule has 0 atom stereocenters. The van der Waals surface area contributed by atoms with Gasteiger partial charge in [-0.3, -0.25) is 0 Å². The Morgan fingerprint density at radius 3 is 2.06 bits per heavy atom. The van der Waals surface area contributed by atoms with Gasteiger partial charge in [0, 0.05) is 31.4 Å². The van der Waals surface area contributed by atoms with Gasteiger partial charge in [0.15, 0.2) is 7.95 Å². The van der Waals surface area contributed by atoms with Gasteiger partial charge in [0.2, 0.25) is 0 Å². The fourth-order valence-corrected chi connectivity index (χ4v) is 15.4. The molecule has 0 heterocycles. The second-order valence-corrected chi connectivity index (χ2v) is 14.3. The summed E-state index contributed by atoms with van der Waals surface area (Å²) in [6, 6.07) is 0. The van der Waals surface area contributed by atoms with Crippen molar-refractivity contribution < 1.29 is 9.47 Å². The van der Waals surface area contributed by atoms with Crippen molar-refractivity contribution in [3.63, 3.8) is 0 Å². The average molecular weight is 319 g/mol. The quantitative estimate of drug-likeness (QED) is 0.306. The van der Waals surface area contributed by atoms with E-state index in [0.29, 0.717) is 0 Å². The molecule has 0 radical (unpaired) electrons. The highest BCUT2D eigenvalue weighted by atomic mass is 33.7. The van der Waals surface area contributed by atoms with Crippen LogP contribution in [0.25, 0.3) is 0 Å². The van der Waals surface area contributed by atoms with Crippen LogP contribution in [0.3, 0.4) is 0 Å². The topological polar surface area (TPSA) is 18.5 Å². The Kier molecular flexibility index (Phi) is 16.0. The highest BCUT2D eigenvalue weighted by Gasteiger charge is 2.13. The Morgan fingerprint density at radius 1 is 0.938 bits per heavy atom. The van der Waals surface area contributed by atoms with Crippen LogP contribution < -0.4 is 0 Å². The molecule has 0 saturated heterocycles. The highest BCUT2D eigenvalue weighted by molar-refractivity contribution is 9.28. The van der Waals surface area contributed by atoms with Crippen LogP contribution in [0.1, 0.15) is 27.2 Å². The van der Waals surface area contributed by atoms with Crippen molar-refractivity contribution in [1.29, 1.82) is 0 Å². The molecule has 0 N–H and O–H groups in total. The first-order valence-corrected chi connectivity index (χ1v) is 13.7. The maximum absolute atomic E-state index is 5.50. The van der Waals surface area contributed by atoms with Gasteiger partial charge in [0.05, 0.1) is 0 Å². The van der Waals surface area contributed by atoms with Crippen LogP contribution in [0.5, 0.6) is 0 Å². The number of hydrogen-bond donors (Lipinski definition) is 0. The van der Waals surface area contributed by atoms with E-state index in [9.17, 15) is 0 Å². The molecule has 0 aromatic rings. The van der Waals surface area contributed by atoms with Gasteiger partial charge < -0.3 is 9.47 Å². The first-order valence-electron chi connectivity index (χ1n) is 5.62. The molecule has 0 aliphatic rings. The summed E-state index contributed by atoms with van der Waals surface area (Å²) in [5, 5.41) is 0. The van der Waals surface area contributed by atoms with E-state index in [1.165, 1.54) is 12.2 Å². The predicted octanol–water partition coefficient (Wildman–Crippen LogP) is 3.95. The molecule has 0 bridgehead atoms. The lowest BCUT2D eigenvalue weighted by Crippen LogP contribution is -2.23. The van der Waals surface area contributed by atoms with Gasteiger partial charge >= 0.3 is 0 Å². The second kappa shape index (κ2) is 14.6. The Morgan fingerprint density at radius 2 is 1.56 bits per heavy atom. The summed E-state index contributed by atoms with van der Waals surface area (Å²) in [6.45, 7) is 7.95. The SMILES string of the molecule is CCCSSSS[SiH](COCC)COCC. The lowest BCUT2D eigenvalue weighted by atomic mass is 10.6. The minimum atomic E-state index is -0.920. The Balaban J connectivity index is 3.48. The number of ether oxygens (including phenoxy) is 2. The van der Waals surface area contributed by atoms with Crippen LogP contribution in [-0.2, 0) is 9.47 Å². The van der Waals surface area contributed by atoms with Crippen molar-refractivity contribution in [1.82, 2.24) is 0 Å². The van der Waals surface area contributed by atoms with Crippen molar-refractivity contribution in [2.45, 2.75) is 27.2 Å². The molecule has 0 fully saturated rings. The van der Waals surface area contributed by atoms with Crippen LogP contribution in [0, 0.1) is 0 Å². The molecule has 0 aromatic carbocycles. The van der Waals surface area contributed by atoms with Gasteiger partial charge in [-0.25, -0.2) is 0 Å². The van der Waals surface area contributed by atoms with Crippen molar-refractivity contribution in [3.8, 4) is 0 Å². The largest absolute Gasteiger partial charge is 0.384 e. The van der Waals surface area contributed by atoms with Gasteiger partial charge in [0.1, 0.15) is 0 Å². The minimum Gasteiger partial charge on any atom is -0.384 e. The summed E-state index contributed by atoms with van der Waals surface area (Å²) in [6.07, 6.45) is 3.10. The van der Waals surface area contributed by atoms with E-state index >= 15 is 0 Å². The summed E-state index contributed by atoms with van der Waals surface area (Å²) in [5.74, 6) is 1.24. The van der Waals surface area contributed by atoms with Crippen LogP contribution in [0.15, 0.2) is 0 Å². The summed E-state index contributed by atoms with van der Waals surface area (Å²) in [4.78, 5) is 0. The lowest BCUT2D eigenvalue weighted by Gasteiger charge is -2.13. The van der Waals surface area contributed by atoms with Gasteiger partial charge in [-0.1, -0.05) is 17.7 Å². The van der Waals surface area contributed by atoms with Gasteiger partial charge in [-0.15, -0.1) is 10.2 Å². The number of hydrogen-bond acceptors (Lipinski definition) is 6. The molecule has 0 aliphatic carbocycles. The van der Waals surface area contributed by atoms with Gasteiger partial charge in [-0.05, 0) is 39.9 Å². The normalized spacial score (nSPS) is 11.2. The third-order valence-electron chi connectivity index (χ3n) is 1.55. The monoisotopic (exact) mass is 318 g/mol. The molecule has 7 heteroatoms. The van der Waals surface area contributed by atoms with Gasteiger partial charge in [0.25, 0.3) is 0 Å². The summed E-state index contributed by atoms with van der Waals surface area (Å²) in [5.41, 5.74) is 0. The van der Waals surface area contributed by atoms with Gasteiger partial charge in [-0.2, -0.15) is 0 Å². The van der Waals surface area contributed by atoms with E-state index in [4.69, 9.17) is 9.47 Å². The molecule has 0 rings (SSSR count). The lowest BCUT2D eigenvalue weighted by molar-refractivity contribution is 0.170. The Hall–Kier alpha value is 1.54. The fraction of sp³-hybridized carbons (Fsp3) is 1.00. The van der Waals surface area contributed by atoms with E-state index < -0.39 is 7.95 Å². The van der Waals surface area contributed by atoms with Crippen molar-refractivity contribution in [2.75, 3.05) is 31.4 Å². The first kappa shape index (κ1) is 17.5. The molecule has 0 saturated carbocycles. The smallest absolute Gasteiger partial charge is 0.171 e. The molecule has 98 valence electrons. The molecular weight excluding hydrogens is 296 g/mol. The van der Waals surface area contributed by atoms with Crippen molar-refractivity contribution in [3.05, 3.63) is 0 Å². The fourth-order valence-electron chi connectivity index (χ4n) is 0.811. The van der Waals surface area contributed by atoms with Crippen LogP contribution in [0.4, 0.5) is 0 Å². The van der Waals surface area contributed by atoms with Crippen LogP contribution in [0.2, 0.25) is 0 Å². The summed E-state index contributed by atoms with van der Waals surface area (Å²) >= 11 is 0. The zero-order chi connectivity index (χ0) is 12.1. The molecule has 0 unspecified atom stereocenters. The van der Waals surface area contributed by atoms with Crippen molar-refractivity contribution in [2.24, 2.45) is 0 Å². The van der Waals surface area contributed by atoms with E-state index in [0.717, 1.165) is 25.7 Å². The van der Waals surface area contributed by atoms with E-state index in [1.807, 2.05) is 40.7 Å². The molecule has 2 nitrogen and oxygen atoms in total. The van der Waals surface area contributed by atoms with E-state index in [-0.39, 0.29) is 0 Å². The van der Waals surface area contributed by atoms with Crippen LogP contribution in [-0.4, -0.2) is 39.4 Å². The average Bonchev–Trinajstić information content (AvgIpc) is 2.31. The third-order valence-corrected chi connectivity index (χ3v) is 14.8.